The molecule has 0 spiro atoms. The van der Waals surface area contributed by atoms with Gasteiger partial charge in [0.25, 0.3) is 0 Å². The van der Waals surface area contributed by atoms with Gasteiger partial charge in [-0.3, -0.25) is 0 Å². The van der Waals surface area contributed by atoms with E-state index in [1.807, 2.05) is 6.92 Å². The molecule has 1 aliphatic heterocycles. The van der Waals surface area contributed by atoms with E-state index in [0.717, 1.165) is 32.1 Å². The van der Waals surface area contributed by atoms with Crippen molar-refractivity contribution in [3.63, 3.8) is 0 Å². The lowest BCUT2D eigenvalue weighted by Gasteiger charge is -2.31. The van der Waals surface area contributed by atoms with Gasteiger partial charge in [0.05, 0.1) is 5.56 Å². The van der Waals surface area contributed by atoms with Gasteiger partial charge < -0.3 is 10.1 Å². The van der Waals surface area contributed by atoms with Gasteiger partial charge in [-0.25, -0.2) is 0 Å². The second-order valence-electron chi connectivity index (χ2n) is 5.71. The second kappa shape index (κ2) is 6.79. The summed E-state index contributed by atoms with van der Waals surface area (Å²) in [5.74, 6) is 0.458. The molecule has 0 amide bonds. The Kier molecular flexibility index (Phi) is 5.27. The minimum absolute atomic E-state index is 0.171. The number of ether oxygens (including phenoxy) is 1. The number of hydrogen-bond acceptors (Lipinski definition) is 2. The van der Waals surface area contributed by atoms with E-state index < -0.39 is 11.7 Å². The zero-order valence-electron chi connectivity index (χ0n) is 12.4. The summed E-state index contributed by atoms with van der Waals surface area (Å²) < 4.78 is 44.5. The summed E-state index contributed by atoms with van der Waals surface area (Å²) in [5, 5.41) is 3.32. The lowest BCUT2D eigenvalue weighted by atomic mass is 9.91. The Morgan fingerprint density at radius 2 is 1.76 bits per heavy atom. The van der Waals surface area contributed by atoms with E-state index in [1.54, 1.807) is 19.1 Å². The van der Waals surface area contributed by atoms with Crippen molar-refractivity contribution in [2.45, 2.75) is 44.9 Å². The molecule has 5 heteroatoms. The molecular weight excluding hydrogens is 279 g/mol. The predicted octanol–water partition coefficient (Wildman–Crippen LogP) is 4.17. The van der Waals surface area contributed by atoms with E-state index in [9.17, 15) is 13.2 Å². The first kappa shape index (κ1) is 16.3. The molecule has 2 unspecified atom stereocenters. The number of rotatable bonds is 4. The smallest absolute Gasteiger partial charge is 0.381 e. The molecule has 118 valence electrons. The van der Waals surface area contributed by atoms with Crippen LogP contribution in [-0.2, 0) is 10.9 Å². The van der Waals surface area contributed by atoms with Crippen LogP contribution in [0.3, 0.4) is 0 Å². The van der Waals surface area contributed by atoms with Crippen molar-refractivity contribution < 1.29 is 17.9 Å². The molecule has 0 aliphatic carbocycles. The molecular formula is C16H22F3NO. The van der Waals surface area contributed by atoms with Crippen LogP contribution in [-0.4, -0.2) is 19.3 Å². The van der Waals surface area contributed by atoms with Crippen LogP contribution in [0.15, 0.2) is 24.3 Å². The zero-order valence-corrected chi connectivity index (χ0v) is 12.4. The highest BCUT2D eigenvalue weighted by molar-refractivity contribution is 5.32. The zero-order chi connectivity index (χ0) is 15.5. The van der Waals surface area contributed by atoms with Crippen molar-refractivity contribution >= 4 is 0 Å². The molecule has 0 bridgehead atoms. The van der Waals surface area contributed by atoms with Crippen LogP contribution in [0.4, 0.5) is 13.2 Å². The van der Waals surface area contributed by atoms with Gasteiger partial charge in [-0.15, -0.1) is 0 Å². The van der Waals surface area contributed by atoms with Gasteiger partial charge in [0.1, 0.15) is 0 Å². The maximum absolute atomic E-state index is 13.1. The van der Waals surface area contributed by atoms with Crippen molar-refractivity contribution in [2.75, 3.05) is 13.2 Å². The van der Waals surface area contributed by atoms with Crippen molar-refractivity contribution in [1.82, 2.24) is 5.32 Å². The van der Waals surface area contributed by atoms with Crippen LogP contribution >= 0.6 is 0 Å². The SMILES string of the molecule is CC(NC(C)C1CCOCC1)c1ccccc1C(F)(F)F. The standard InChI is InChI=1S/C16H22F3NO/c1-11(13-7-9-21-10-8-13)20-12(2)14-5-3-4-6-15(14)16(17,18)19/h3-6,11-13,20H,7-10H2,1-2H3. The van der Waals surface area contributed by atoms with Crippen LogP contribution in [0.2, 0.25) is 0 Å². The second-order valence-corrected chi connectivity index (χ2v) is 5.71. The number of hydrogen-bond donors (Lipinski definition) is 1. The van der Waals surface area contributed by atoms with Crippen LogP contribution in [0, 0.1) is 5.92 Å². The molecule has 0 saturated carbocycles. The molecule has 1 aliphatic rings. The third kappa shape index (κ3) is 4.20. The number of halogens is 3. The number of alkyl halides is 3. The quantitative estimate of drug-likeness (QED) is 0.901. The van der Waals surface area contributed by atoms with Gasteiger partial charge in [-0.05, 0) is 44.2 Å². The summed E-state index contributed by atoms with van der Waals surface area (Å²) in [6.07, 6.45) is -2.39. The molecule has 1 heterocycles. The first-order valence-electron chi connectivity index (χ1n) is 7.39. The summed E-state index contributed by atoms with van der Waals surface area (Å²) in [5.41, 5.74) is -0.243. The molecule has 1 aromatic carbocycles. The summed E-state index contributed by atoms with van der Waals surface area (Å²) in [7, 11) is 0. The molecule has 2 nitrogen and oxygen atoms in total. The lowest BCUT2D eigenvalue weighted by molar-refractivity contribution is -0.138. The van der Waals surface area contributed by atoms with E-state index in [2.05, 4.69) is 5.32 Å². The Morgan fingerprint density at radius 3 is 2.38 bits per heavy atom. The number of benzene rings is 1. The first-order valence-corrected chi connectivity index (χ1v) is 7.39. The van der Waals surface area contributed by atoms with E-state index in [1.165, 1.54) is 6.07 Å². The fraction of sp³-hybridized carbons (Fsp3) is 0.625. The number of nitrogens with one attached hydrogen (secondary N) is 1. The van der Waals surface area contributed by atoms with E-state index in [0.29, 0.717) is 11.5 Å². The van der Waals surface area contributed by atoms with Gasteiger partial charge in [-0.1, -0.05) is 18.2 Å². The van der Waals surface area contributed by atoms with E-state index in [4.69, 9.17) is 4.74 Å². The van der Waals surface area contributed by atoms with Crippen LogP contribution in [0.5, 0.6) is 0 Å². The summed E-state index contributed by atoms with van der Waals surface area (Å²) in [6, 6.07) is 5.62. The van der Waals surface area contributed by atoms with Crippen molar-refractivity contribution in [3.05, 3.63) is 35.4 Å². The minimum atomic E-state index is -4.31. The van der Waals surface area contributed by atoms with E-state index in [-0.39, 0.29) is 12.1 Å². The highest BCUT2D eigenvalue weighted by atomic mass is 19.4. The molecule has 21 heavy (non-hydrogen) atoms. The average Bonchev–Trinajstić information content (AvgIpc) is 2.47. The third-order valence-corrected chi connectivity index (χ3v) is 4.22. The van der Waals surface area contributed by atoms with Gasteiger partial charge in [0, 0.05) is 25.3 Å². The molecule has 1 saturated heterocycles. The maximum Gasteiger partial charge on any atom is 0.416 e. The monoisotopic (exact) mass is 301 g/mol. The highest BCUT2D eigenvalue weighted by Gasteiger charge is 2.34. The third-order valence-electron chi connectivity index (χ3n) is 4.22. The van der Waals surface area contributed by atoms with Gasteiger partial charge in [0.2, 0.25) is 0 Å². The summed E-state index contributed by atoms with van der Waals surface area (Å²) >= 11 is 0. The maximum atomic E-state index is 13.1. The Morgan fingerprint density at radius 1 is 1.14 bits per heavy atom. The summed E-state index contributed by atoms with van der Waals surface area (Å²) in [4.78, 5) is 0. The van der Waals surface area contributed by atoms with E-state index >= 15 is 0 Å². The Labute approximate surface area is 123 Å². The van der Waals surface area contributed by atoms with Gasteiger partial charge in [-0.2, -0.15) is 13.2 Å². The molecule has 2 rings (SSSR count). The Hall–Kier alpha value is -1.07. The van der Waals surface area contributed by atoms with Crippen LogP contribution < -0.4 is 5.32 Å². The Balaban J connectivity index is 2.08. The fourth-order valence-corrected chi connectivity index (χ4v) is 2.97. The largest absolute Gasteiger partial charge is 0.416 e. The van der Waals surface area contributed by atoms with Gasteiger partial charge >= 0.3 is 6.18 Å². The van der Waals surface area contributed by atoms with Crippen LogP contribution in [0.1, 0.15) is 43.9 Å². The average molecular weight is 301 g/mol. The fourth-order valence-electron chi connectivity index (χ4n) is 2.97. The molecule has 0 radical (unpaired) electrons. The lowest BCUT2D eigenvalue weighted by Crippen LogP contribution is -2.38. The van der Waals surface area contributed by atoms with Crippen molar-refractivity contribution in [2.24, 2.45) is 5.92 Å². The first-order chi connectivity index (χ1) is 9.89. The molecule has 2 atom stereocenters. The topological polar surface area (TPSA) is 21.3 Å². The Bertz CT molecular complexity index is 455. The molecule has 1 aromatic rings. The summed E-state index contributed by atoms with van der Waals surface area (Å²) in [6.45, 7) is 5.32. The predicted molar refractivity (Wildman–Crippen MR) is 76.0 cm³/mol. The van der Waals surface area contributed by atoms with Crippen molar-refractivity contribution in [3.8, 4) is 0 Å². The minimum Gasteiger partial charge on any atom is -0.381 e. The van der Waals surface area contributed by atoms with Crippen LogP contribution in [0.25, 0.3) is 0 Å². The van der Waals surface area contributed by atoms with Gasteiger partial charge in [0.15, 0.2) is 0 Å². The highest BCUT2D eigenvalue weighted by Crippen LogP contribution is 2.34. The molecule has 1 N–H and O–H groups in total. The molecule has 1 fully saturated rings. The normalized spacial score (nSPS) is 20.2. The van der Waals surface area contributed by atoms with Crippen molar-refractivity contribution in [1.29, 1.82) is 0 Å². The molecule has 0 aromatic heterocycles.